The van der Waals surface area contributed by atoms with Crippen molar-refractivity contribution in [1.82, 2.24) is 5.43 Å². The van der Waals surface area contributed by atoms with Crippen LogP contribution in [0.1, 0.15) is 49.7 Å². The van der Waals surface area contributed by atoms with Crippen LogP contribution >= 0.6 is 0 Å². The SMILES string of the molecule is Cc1cccc(/C=N\NC(=O)CC2CCCCC2)c1. The average Bonchev–Trinajstić information content (AvgIpc) is 2.40. The van der Waals surface area contributed by atoms with Gasteiger partial charge in [0.05, 0.1) is 6.21 Å². The molecule has 1 aliphatic carbocycles. The second-order valence-corrected chi connectivity index (χ2v) is 5.42. The lowest BCUT2D eigenvalue weighted by atomic mass is 9.87. The Labute approximate surface area is 115 Å². The van der Waals surface area contributed by atoms with Gasteiger partial charge in [-0.3, -0.25) is 4.79 Å². The van der Waals surface area contributed by atoms with Gasteiger partial charge in [0.15, 0.2) is 0 Å². The van der Waals surface area contributed by atoms with Gasteiger partial charge in [0.25, 0.3) is 0 Å². The minimum Gasteiger partial charge on any atom is -0.273 e. The normalized spacial score (nSPS) is 16.7. The summed E-state index contributed by atoms with van der Waals surface area (Å²) >= 11 is 0. The molecule has 1 aromatic rings. The quantitative estimate of drug-likeness (QED) is 0.652. The van der Waals surface area contributed by atoms with Crippen molar-refractivity contribution in [1.29, 1.82) is 0 Å². The molecule has 102 valence electrons. The highest BCUT2D eigenvalue weighted by Gasteiger charge is 2.16. The third-order valence-corrected chi connectivity index (χ3v) is 3.64. The number of rotatable bonds is 4. The van der Waals surface area contributed by atoms with Gasteiger partial charge in [-0.15, -0.1) is 0 Å². The molecule has 0 aliphatic heterocycles. The number of hydrazone groups is 1. The first-order valence-corrected chi connectivity index (χ1v) is 7.12. The van der Waals surface area contributed by atoms with E-state index in [1.807, 2.05) is 31.2 Å². The summed E-state index contributed by atoms with van der Waals surface area (Å²) in [6.45, 7) is 2.04. The number of carbonyl (C=O) groups is 1. The standard InChI is InChI=1S/C16H22N2O/c1-13-6-5-9-15(10-13)12-17-18-16(19)11-14-7-3-2-4-8-14/h5-6,9-10,12,14H,2-4,7-8,11H2,1H3,(H,18,19)/b17-12-. The second-order valence-electron chi connectivity index (χ2n) is 5.42. The highest BCUT2D eigenvalue weighted by molar-refractivity contribution is 5.82. The fraction of sp³-hybridized carbons (Fsp3) is 0.500. The van der Waals surface area contributed by atoms with Crippen LogP contribution in [0.3, 0.4) is 0 Å². The van der Waals surface area contributed by atoms with Crippen LogP contribution in [0.4, 0.5) is 0 Å². The molecule has 1 aliphatic rings. The summed E-state index contributed by atoms with van der Waals surface area (Å²) < 4.78 is 0. The molecular weight excluding hydrogens is 236 g/mol. The summed E-state index contributed by atoms with van der Waals surface area (Å²) in [5, 5.41) is 4.02. The Morgan fingerprint density at radius 3 is 2.89 bits per heavy atom. The van der Waals surface area contributed by atoms with Gasteiger partial charge in [-0.25, -0.2) is 5.43 Å². The number of nitrogens with one attached hydrogen (secondary N) is 1. The summed E-state index contributed by atoms with van der Waals surface area (Å²) in [6, 6.07) is 8.04. The molecule has 1 amide bonds. The zero-order valence-corrected chi connectivity index (χ0v) is 11.6. The molecule has 2 rings (SSSR count). The number of amides is 1. The maximum atomic E-state index is 11.7. The van der Waals surface area contributed by atoms with Gasteiger partial charge in [-0.1, -0.05) is 49.1 Å². The van der Waals surface area contributed by atoms with Crippen LogP contribution in [-0.4, -0.2) is 12.1 Å². The van der Waals surface area contributed by atoms with Crippen LogP contribution in [-0.2, 0) is 4.79 Å². The topological polar surface area (TPSA) is 41.5 Å². The van der Waals surface area contributed by atoms with Crippen molar-refractivity contribution in [3.63, 3.8) is 0 Å². The van der Waals surface area contributed by atoms with E-state index >= 15 is 0 Å². The number of hydrogen-bond acceptors (Lipinski definition) is 2. The van der Waals surface area contributed by atoms with E-state index in [0.717, 1.165) is 5.56 Å². The van der Waals surface area contributed by atoms with Gasteiger partial charge >= 0.3 is 0 Å². The van der Waals surface area contributed by atoms with Crippen LogP contribution < -0.4 is 5.43 Å². The monoisotopic (exact) mass is 258 g/mol. The molecule has 1 N–H and O–H groups in total. The summed E-state index contributed by atoms with van der Waals surface area (Å²) in [6.07, 6.45) is 8.56. The molecule has 0 radical (unpaired) electrons. The number of nitrogens with zero attached hydrogens (tertiary/aromatic N) is 1. The number of hydrogen-bond donors (Lipinski definition) is 1. The van der Waals surface area contributed by atoms with Crippen LogP contribution in [0.5, 0.6) is 0 Å². The van der Waals surface area contributed by atoms with E-state index in [1.165, 1.54) is 37.7 Å². The van der Waals surface area contributed by atoms with Crippen molar-refractivity contribution in [3.05, 3.63) is 35.4 Å². The lowest BCUT2D eigenvalue weighted by Crippen LogP contribution is -2.22. The molecule has 0 saturated heterocycles. The van der Waals surface area contributed by atoms with Gasteiger partial charge in [0, 0.05) is 6.42 Å². The summed E-state index contributed by atoms with van der Waals surface area (Å²) in [7, 11) is 0. The minimum atomic E-state index is 0.0378. The van der Waals surface area contributed by atoms with Gasteiger partial charge in [-0.2, -0.15) is 5.10 Å². The van der Waals surface area contributed by atoms with Crippen LogP contribution in [0.25, 0.3) is 0 Å². The maximum absolute atomic E-state index is 11.7. The molecule has 3 nitrogen and oxygen atoms in total. The first-order valence-electron chi connectivity index (χ1n) is 7.12. The van der Waals surface area contributed by atoms with Crippen LogP contribution in [0.2, 0.25) is 0 Å². The molecule has 1 aromatic carbocycles. The Morgan fingerprint density at radius 1 is 1.37 bits per heavy atom. The Bertz CT molecular complexity index is 448. The van der Waals surface area contributed by atoms with Crippen molar-refractivity contribution in [2.75, 3.05) is 0 Å². The van der Waals surface area contributed by atoms with Gasteiger partial charge in [-0.05, 0) is 31.2 Å². The fourth-order valence-corrected chi connectivity index (χ4v) is 2.63. The third-order valence-electron chi connectivity index (χ3n) is 3.64. The van der Waals surface area contributed by atoms with Gasteiger partial charge < -0.3 is 0 Å². The van der Waals surface area contributed by atoms with Gasteiger partial charge in [0.2, 0.25) is 5.91 Å². The molecule has 3 heteroatoms. The highest BCUT2D eigenvalue weighted by atomic mass is 16.2. The van der Waals surface area contributed by atoms with Crippen LogP contribution in [0.15, 0.2) is 29.4 Å². The van der Waals surface area contributed by atoms with E-state index in [0.29, 0.717) is 12.3 Å². The maximum Gasteiger partial charge on any atom is 0.240 e. The predicted molar refractivity (Wildman–Crippen MR) is 78.1 cm³/mol. The molecule has 0 unspecified atom stereocenters. The average molecular weight is 258 g/mol. The lowest BCUT2D eigenvalue weighted by Gasteiger charge is -2.20. The highest BCUT2D eigenvalue weighted by Crippen LogP contribution is 2.25. The van der Waals surface area contributed by atoms with Crippen molar-refractivity contribution in [2.45, 2.75) is 45.4 Å². The van der Waals surface area contributed by atoms with E-state index in [2.05, 4.69) is 10.5 Å². The van der Waals surface area contributed by atoms with E-state index in [9.17, 15) is 4.79 Å². The molecule has 1 fully saturated rings. The van der Waals surface area contributed by atoms with Gasteiger partial charge in [0.1, 0.15) is 0 Å². The molecule has 0 bridgehead atoms. The molecule has 0 atom stereocenters. The zero-order chi connectivity index (χ0) is 13.5. The minimum absolute atomic E-state index is 0.0378. The summed E-state index contributed by atoms with van der Waals surface area (Å²) in [5.41, 5.74) is 4.83. The van der Waals surface area contributed by atoms with E-state index < -0.39 is 0 Å². The molecule has 1 saturated carbocycles. The fourth-order valence-electron chi connectivity index (χ4n) is 2.63. The Morgan fingerprint density at radius 2 is 2.16 bits per heavy atom. The third kappa shape index (κ3) is 4.86. The lowest BCUT2D eigenvalue weighted by molar-refractivity contribution is -0.122. The second kappa shape index (κ2) is 7.07. The summed E-state index contributed by atoms with van der Waals surface area (Å²) in [5.74, 6) is 0.596. The Kier molecular flexibility index (Phi) is 5.13. The molecule has 0 heterocycles. The number of aryl methyl sites for hydroxylation is 1. The molecular formula is C16H22N2O. The van der Waals surface area contributed by atoms with E-state index in [1.54, 1.807) is 6.21 Å². The number of benzene rings is 1. The Balaban J connectivity index is 1.76. The van der Waals surface area contributed by atoms with Crippen molar-refractivity contribution >= 4 is 12.1 Å². The van der Waals surface area contributed by atoms with Crippen LogP contribution in [0, 0.1) is 12.8 Å². The largest absolute Gasteiger partial charge is 0.273 e. The molecule has 0 aromatic heterocycles. The van der Waals surface area contributed by atoms with E-state index in [4.69, 9.17) is 0 Å². The summed E-state index contributed by atoms with van der Waals surface area (Å²) in [4.78, 5) is 11.7. The first kappa shape index (κ1) is 13.8. The Hall–Kier alpha value is -1.64. The molecule has 0 spiro atoms. The molecule has 19 heavy (non-hydrogen) atoms. The van der Waals surface area contributed by atoms with Crippen molar-refractivity contribution in [2.24, 2.45) is 11.0 Å². The zero-order valence-electron chi connectivity index (χ0n) is 11.6. The van der Waals surface area contributed by atoms with Crippen molar-refractivity contribution in [3.8, 4) is 0 Å². The number of carbonyl (C=O) groups excluding carboxylic acids is 1. The first-order chi connectivity index (χ1) is 9.24. The van der Waals surface area contributed by atoms with E-state index in [-0.39, 0.29) is 5.91 Å². The smallest absolute Gasteiger partial charge is 0.240 e. The van der Waals surface area contributed by atoms with Crippen molar-refractivity contribution < 1.29 is 4.79 Å². The predicted octanol–water partition coefficient (Wildman–Crippen LogP) is 3.42.